The summed E-state index contributed by atoms with van der Waals surface area (Å²) >= 11 is 0. The molecule has 1 saturated carbocycles. The van der Waals surface area contributed by atoms with E-state index in [1.54, 1.807) is 0 Å². The van der Waals surface area contributed by atoms with Gasteiger partial charge in [0.2, 0.25) is 0 Å². The fraction of sp³-hybridized carbons (Fsp3) is 1.00. The summed E-state index contributed by atoms with van der Waals surface area (Å²) in [7, 11) is 0. The van der Waals surface area contributed by atoms with Gasteiger partial charge in [0.15, 0.2) is 0 Å². The van der Waals surface area contributed by atoms with Gasteiger partial charge >= 0.3 is 0 Å². The smallest absolute Gasteiger partial charge is 0.00669 e. The Morgan fingerprint density at radius 1 is 1.24 bits per heavy atom. The van der Waals surface area contributed by atoms with Gasteiger partial charge in [0, 0.05) is 12.1 Å². The maximum Gasteiger partial charge on any atom is 0.00669 e. The molecule has 1 saturated heterocycles. The maximum atomic E-state index is 3.68. The van der Waals surface area contributed by atoms with Crippen LogP contribution < -0.4 is 5.32 Å². The van der Waals surface area contributed by atoms with E-state index in [1.165, 1.54) is 64.6 Å². The molecule has 1 N–H and O–H groups in total. The Morgan fingerprint density at radius 2 is 2.06 bits per heavy atom. The third-order valence-electron chi connectivity index (χ3n) is 4.44. The topological polar surface area (TPSA) is 15.3 Å². The highest BCUT2D eigenvalue weighted by Gasteiger charge is 2.23. The van der Waals surface area contributed by atoms with Gasteiger partial charge in [-0.2, -0.15) is 0 Å². The number of piperidine rings is 1. The molecule has 1 heterocycles. The molecule has 2 nitrogen and oxygen atoms in total. The van der Waals surface area contributed by atoms with Crippen molar-refractivity contribution < 1.29 is 0 Å². The predicted octanol–water partition coefficient (Wildman–Crippen LogP) is 3.03. The van der Waals surface area contributed by atoms with E-state index >= 15 is 0 Å². The van der Waals surface area contributed by atoms with Crippen LogP contribution in [0.15, 0.2) is 0 Å². The first-order chi connectivity index (χ1) is 8.25. The van der Waals surface area contributed by atoms with Crippen molar-refractivity contribution >= 4 is 0 Å². The van der Waals surface area contributed by atoms with Crippen molar-refractivity contribution in [2.24, 2.45) is 5.92 Å². The maximum absolute atomic E-state index is 3.68. The van der Waals surface area contributed by atoms with E-state index in [0.29, 0.717) is 0 Å². The van der Waals surface area contributed by atoms with E-state index in [1.807, 2.05) is 0 Å². The Balaban J connectivity index is 1.49. The van der Waals surface area contributed by atoms with Crippen LogP contribution in [0.2, 0.25) is 0 Å². The summed E-state index contributed by atoms with van der Waals surface area (Å²) < 4.78 is 0. The van der Waals surface area contributed by atoms with Gasteiger partial charge in [-0.3, -0.25) is 0 Å². The first-order valence-corrected chi connectivity index (χ1v) is 7.73. The second-order valence-electron chi connectivity index (χ2n) is 6.27. The molecule has 2 heteroatoms. The second kappa shape index (κ2) is 6.75. The highest BCUT2D eigenvalue weighted by atomic mass is 15.2. The van der Waals surface area contributed by atoms with E-state index < -0.39 is 0 Å². The zero-order valence-electron chi connectivity index (χ0n) is 11.8. The van der Waals surface area contributed by atoms with Crippen molar-refractivity contribution in [3.8, 4) is 0 Å². The van der Waals surface area contributed by atoms with Crippen LogP contribution in [-0.4, -0.2) is 36.6 Å². The van der Waals surface area contributed by atoms with Gasteiger partial charge in [0.25, 0.3) is 0 Å². The van der Waals surface area contributed by atoms with Crippen LogP contribution in [0.1, 0.15) is 58.8 Å². The summed E-state index contributed by atoms with van der Waals surface area (Å²) in [5.74, 6) is 1.06. The quantitative estimate of drug-likeness (QED) is 0.686. The van der Waals surface area contributed by atoms with E-state index in [-0.39, 0.29) is 0 Å². The van der Waals surface area contributed by atoms with Crippen LogP contribution in [0.25, 0.3) is 0 Å². The van der Waals surface area contributed by atoms with Gasteiger partial charge in [-0.25, -0.2) is 0 Å². The number of rotatable bonds is 7. The fourth-order valence-electron chi connectivity index (χ4n) is 3.06. The second-order valence-corrected chi connectivity index (χ2v) is 6.27. The normalized spacial score (nSPS) is 28.2. The van der Waals surface area contributed by atoms with Crippen LogP contribution >= 0.6 is 0 Å². The molecule has 0 aromatic carbocycles. The molecular formula is C15H30N2. The summed E-state index contributed by atoms with van der Waals surface area (Å²) in [4.78, 5) is 2.68. The summed E-state index contributed by atoms with van der Waals surface area (Å²) in [6.45, 7) is 8.57. The summed E-state index contributed by atoms with van der Waals surface area (Å²) in [5.41, 5.74) is 0. The average molecular weight is 238 g/mol. The largest absolute Gasteiger partial charge is 0.314 e. The number of hydrogen-bond donors (Lipinski definition) is 1. The Labute approximate surface area is 107 Å². The lowest BCUT2D eigenvalue weighted by Crippen LogP contribution is -2.39. The van der Waals surface area contributed by atoms with Crippen LogP contribution in [0.4, 0.5) is 0 Å². The lowest BCUT2D eigenvalue weighted by Gasteiger charge is -2.33. The van der Waals surface area contributed by atoms with Crippen LogP contribution in [-0.2, 0) is 0 Å². The predicted molar refractivity (Wildman–Crippen MR) is 74.3 cm³/mol. The van der Waals surface area contributed by atoms with Crippen LogP contribution in [0.3, 0.4) is 0 Å². The Morgan fingerprint density at radius 3 is 2.76 bits per heavy atom. The standard InChI is InChI=1S/C15H30N2/c1-13(12-15-7-8-15)16-9-5-11-17-10-4-3-6-14(17)2/h13-16H,3-12H2,1-2H3. The average Bonchev–Trinajstić information content (AvgIpc) is 3.10. The Hall–Kier alpha value is -0.0800. The summed E-state index contributed by atoms with van der Waals surface area (Å²) in [5, 5.41) is 3.68. The molecule has 17 heavy (non-hydrogen) atoms. The number of nitrogens with zero attached hydrogens (tertiary/aromatic N) is 1. The highest BCUT2D eigenvalue weighted by molar-refractivity contribution is 4.78. The molecule has 1 aliphatic carbocycles. The van der Waals surface area contributed by atoms with E-state index in [4.69, 9.17) is 0 Å². The monoisotopic (exact) mass is 238 g/mol. The molecule has 0 aromatic rings. The van der Waals surface area contributed by atoms with E-state index in [0.717, 1.165) is 18.0 Å². The van der Waals surface area contributed by atoms with Crippen molar-refractivity contribution in [2.75, 3.05) is 19.6 Å². The molecule has 0 bridgehead atoms. The molecule has 0 spiro atoms. The van der Waals surface area contributed by atoms with Gasteiger partial charge in [0.05, 0.1) is 0 Å². The summed E-state index contributed by atoms with van der Waals surface area (Å²) in [6.07, 6.45) is 9.95. The van der Waals surface area contributed by atoms with E-state index in [2.05, 4.69) is 24.1 Å². The first kappa shape index (κ1) is 13.4. The molecule has 2 atom stereocenters. The molecule has 0 radical (unpaired) electrons. The first-order valence-electron chi connectivity index (χ1n) is 7.73. The molecular weight excluding hydrogens is 208 g/mol. The third-order valence-corrected chi connectivity index (χ3v) is 4.44. The van der Waals surface area contributed by atoms with Crippen LogP contribution in [0, 0.1) is 5.92 Å². The zero-order valence-corrected chi connectivity index (χ0v) is 11.8. The molecule has 2 aliphatic rings. The van der Waals surface area contributed by atoms with Gasteiger partial charge < -0.3 is 10.2 Å². The van der Waals surface area contributed by atoms with Crippen molar-refractivity contribution in [1.82, 2.24) is 10.2 Å². The Bertz CT molecular complexity index is 213. The van der Waals surface area contributed by atoms with Gasteiger partial charge in [-0.05, 0) is 65.1 Å². The van der Waals surface area contributed by atoms with Crippen molar-refractivity contribution in [1.29, 1.82) is 0 Å². The summed E-state index contributed by atoms with van der Waals surface area (Å²) in [6, 6.07) is 1.56. The highest BCUT2D eigenvalue weighted by Crippen LogP contribution is 2.33. The number of likely N-dealkylation sites (tertiary alicyclic amines) is 1. The molecule has 2 rings (SSSR count). The van der Waals surface area contributed by atoms with Crippen molar-refractivity contribution in [3.05, 3.63) is 0 Å². The lowest BCUT2D eigenvalue weighted by atomic mass is 10.0. The van der Waals surface area contributed by atoms with Gasteiger partial charge in [-0.15, -0.1) is 0 Å². The van der Waals surface area contributed by atoms with Crippen LogP contribution in [0.5, 0.6) is 0 Å². The number of hydrogen-bond acceptors (Lipinski definition) is 2. The molecule has 0 aromatic heterocycles. The minimum Gasteiger partial charge on any atom is -0.314 e. The Kier molecular flexibility index (Phi) is 5.30. The molecule has 2 fully saturated rings. The fourth-order valence-corrected chi connectivity index (χ4v) is 3.06. The molecule has 2 unspecified atom stereocenters. The minimum atomic E-state index is 0.737. The van der Waals surface area contributed by atoms with Gasteiger partial charge in [0.1, 0.15) is 0 Å². The van der Waals surface area contributed by atoms with Gasteiger partial charge in [-0.1, -0.05) is 19.3 Å². The van der Waals surface area contributed by atoms with Crippen molar-refractivity contribution in [3.63, 3.8) is 0 Å². The molecule has 100 valence electrons. The third kappa shape index (κ3) is 4.97. The zero-order chi connectivity index (χ0) is 12.1. The number of nitrogens with one attached hydrogen (secondary N) is 1. The van der Waals surface area contributed by atoms with Crippen molar-refractivity contribution in [2.45, 2.75) is 70.9 Å². The molecule has 0 amide bonds. The van der Waals surface area contributed by atoms with E-state index in [9.17, 15) is 0 Å². The molecule has 1 aliphatic heterocycles. The lowest BCUT2D eigenvalue weighted by molar-refractivity contribution is 0.158. The SMILES string of the molecule is CC(CC1CC1)NCCCN1CCCCC1C. The minimum absolute atomic E-state index is 0.737.